The first-order chi connectivity index (χ1) is 12.1. The molecule has 0 saturated carbocycles. The van der Waals surface area contributed by atoms with Crippen molar-refractivity contribution in [3.05, 3.63) is 45.2 Å². The summed E-state index contributed by atoms with van der Waals surface area (Å²) in [6.07, 6.45) is 0. The quantitative estimate of drug-likeness (QED) is 0.901. The van der Waals surface area contributed by atoms with Gasteiger partial charge in [-0.3, -0.25) is 14.5 Å². The van der Waals surface area contributed by atoms with Crippen LogP contribution in [0.25, 0.3) is 10.9 Å². The first kappa shape index (κ1) is 18.6. The Morgan fingerprint density at radius 3 is 2.35 bits per heavy atom. The minimum absolute atomic E-state index is 0.0161. The van der Waals surface area contributed by atoms with Crippen molar-refractivity contribution in [2.24, 2.45) is 5.41 Å². The van der Waals surface area contributed by atoms with Crippen molar-refractivity contribution in [3.8, 4) is 0 Å². The summed E-state index contributed by atoms with van der Waals surface area (Å²) in [6.45, 7) is 13.6. The van der Waals surface area contributed by atoms with Gasteiger partial charge in [-0.2, -0.15) is 0 Å². The lowest BCUT2D eigenvalue weighted by Gasteiger charge is -2.37. The second-order valence-electron chi connectivity index (χ2n) is 8.49. The maximum atomic E-state index is 12.5. The van der Waals surface area contributed by atoms with Gasteiger partial charge in [0.25, 0.3) is 5.56 Å². The second kappa shape index (κ2) is 6.88. The molecule has 0 aliphatic carbocycles. The number of hydrogen-bond donors (Lipinski definition) is 1. The summed E-state index contributed by atoms with van der Waals surface area (Å²) in [5, 5.41) is 1.08. The van der Waals surface area contributed by atoms with Gasteiger partial charge < -0.3 is 9.88 Å². The molecule has 0 spiro atoms. The molecule has 2 heterocycles. The highest BCUT2D eigenvalue weighted by Crippen LogP contribution is 2.20. The van der Waals surface area contributed by atoms with Crippen LogP contribution in [-0.2, 0) is 11.3 Å². The zero-order chi connectivity index (χ0) is 19.1. The first-order valence-electron chi connectivity index (χ1n) is 9.30. The van der Waals surface area contributed by atoms with Crippen molar-refractivity contribution in [1.82, 2.24) is 14.8 Å². The molecule has 5 heteroatoms. The van der Waals surface area contributed by atoms with Crippen molar-refractivity contribution >= 4 is 16.8 Å². The number of aryl methyl sites for hydroxylation is 2. The molecule has 5 nitrogen and oxygen atoms in total. The maximum Gasteiger partial charge on any atom is 0.252 e. The van der Waals surface area contributed by atoms with E-state index in [-0.39, 0.29) is 16.9 Å². The molecule has 140 valence electrons. The minimum Gasteiger partial charge on any atom is -0.340 e. The van der Waals surface area contributed by atoms with Gasteiger partial charge in [0.2, 0.25) is 5.91 Å². The van der Waals surface area contributed by atoms with Crippen LogP contribution in [0.4, 0.5) is 0 Å². The molecular weight excluding hydrogens is 326 g/mol. The summed E-state index contributed by atoms with van der Waals surface area (Å²) in [7, 11) is 0. The average Bonchev–Trinajstić information content (AvgIpc) is 2.55. The smallest absolute Gasteiger partial charge is 0.252 e. The van der Waals surface area contributed by atoms with E-state index in [9.17, 15) is 9.59 Å². The summed E-state index contributed by atoms with van der Waals surface area (Å²) in [6, 6.07) is 6.21. The van der Waals surface area contributed by atoms with Crippen molar-refractivity contribution in [2.45, 2.75) is 41.2 Å². The van der Waals surface area contributed by atoms with Crippen LogP contribution in [0.2, 0.25) is 0 Å². The van der Waals surface area contributed by atoms with Crippen LogP contribution in [0.15, 0.2) is 23.0 Å². The van der Waals surface area contributed by atoms with Crippen LogP contribution in [0.3, 0.4) is 0 Å². The van der Waals surface area contributed by atoms with E-state index in [1.165, 1.54) is 5.56 Å². The average molecular weight is 355 g/mol. The third kappa shape index (κ3) is 3.83. The Balaban J connectivity index is 1.73. The van der Waals surface area contributed by atoms with E-state index in [0.717, 1.165) is 48.2 Å². The lowest BCUT2D eigenvalue weighted by molar-refractivity contribution is -0.141. The molecule has 1 aliphatic rings. The summed E-state index contributed by atoms with van der Waals surface area (Å²) < 4.78 is 0. The molecule has 1 aliphatic heterocycles. The number of pyridine rings is 1. The van der Waals surface area contributed by atoms with E-state index in [0.29, 0.717) is 6.54 Å². The zero-order valence-corrected chi connectivity index (χ0v) is 16.5. The predicted molar refractivity (Wildman–Crippen MR) is 105 cm³/mol. The SMILES string of the molecule is Cc1cc(C)c2[nH]c(=O)c(CN3CCN(C(=O)C(C)(C)C)CC3)cc2c1. The molecule has 0 atom stereocenters. The summed E-state index contributed by atoms with van der Waals surface area (Å²) in [5.74, 6) is 0.201. The number of carbonyl (C=O) groups is 1. The van der Waals surface area contributed by atoms with Gasteiger partial charge in [0, 0.05) is 43.7 Å². The van der Waals surface area contributed by atoms with Gasteiger partial charge in [-0.25, -0.2) is 0 Å². The number of fused-ring (bicyclic) bond motifs is 1. The van der Waals surface area contributed by atoms with E-state index in [1.807, 2.05) is 38.7 Å². The number of rotatable bonds is 2. The lowest BCUT2D eigenvalue weighted by Crippen LogP contribution is -2.51. The van der Waals surface area contributed by atoms with E-state index >= 15 is 0 Å². The molecule has 1 N–H and O–H groups in total. The molecular formula is C21H29N3O2. The van der Waals surface area contributed by atoms with Gasteiger partial charge in [0.15, 0.2) is 0 Å². The molecule has 2 aromatic rings. The Labute approximate surface area is 155 Å². The lowest BCUT2D eigenvalue weighted by atomic mass is 9.94. The number of aromatic amines is 1. The zero-order valence-electron chi connectivity index (χ0n) is 16.5. The Kier molecular flexibility index (Phi) is 4.93. The third-order valence-corrected chi connectivity index (χ3v) is 5.07. The number of nitrogens with zero attached hydrogens (tertiary/aromatic N) is 2. The third-order valence-electron chi connectivity index (χ3n) is 5.07. The Morgan fingerprint density at radius 1 is 1.08 bits per heavy atom. The normalized spacial score (nSPS) is 16.3. The molecule has 1 aromatic heterocycles. The van der Waals surface area contributed by atoms with Gasteiger partial charge >= 0.3 is 0 Å². The molecule has 1 saturated heterocycles. The van der Waals surface area contributed by atoms with Crippen molar-refractivity contribution in [3.63, 3.8) is 0 Å². The second-order valence-corrected chi connectivity index (χ2v) is 8.49. The van der Waals surface area contributed by atoms with E-state index < -0.39 is 0 Å². The number of benzene rings is 1. The number of amides is 1. The number of hydrogen-bond acceptors (Lipinski definition) is 3. The molecule has 1 aromatic carbocycles. The topological polar surface area (TPSA) is 56.4 Å². The van der Waals surface area contributed by atoms with Gasteiger partial charge in [-0.1, -0.05) is 32.4 Å². The highest BCUT2D eigenvalue weighted by molar-refractivity contribution is 5.83. The highest BCUT2D eigenvalue weighted by atomic mass is 16.2. The van der Waals surface area contributed by atoms with E-state index in [4.69, 9.17) is 0 Å². The molecule has 3 rings (SSSR count). The molecule has 0 unspecified atom stereocenters. The summed E-state index contributed by atoms with van der Waals surface area (Å²) >= 11 is 0. The van der Waals surface area contributed by atoms with Crippen molar-refractivity contribution in [2.75, 3.05) is 26.2 Å². The number of nitrogens with one attached hydrogen (secondary N) is 1. The predicted octanol–water partition coefficient (Wildman–Crippen LogP) is 2.84. The molecule has 0 bridgehead atoms. The standard InChI is InChI=1S/C21H29N3O2/c1-14-10-15(2)18-16(11-14)12-17(19(25)22-18)13-23-6-8-24(9-7-23)20(26)21(3,4)5/h10-12H,6-9,13H2,1-5H3,(H,22,25). The van der Waals surface area contributed by atoms with Gasteiger partial charge in [0.05, 0.1) is 5.52 Å². The number of piperazine rings is 1. The molecule has 0 radical (unpaired) electrons. The molecule has 26 heavy (non-hydrogen) atoms. The monoisotopic (exact) mass is 355 g/mol. The van der Waals surface area contributed by atoms with Crippen molar-refractivity contribution < 1.29 is 4.79 Å². The van der Waals surface area contributed by atoms with Crippen LogP contribution in [0.5, 0.6) is 0 Å². The van der Waals surface area contributed by atoms with Gasteiger partial charge in [-0.15, -0.1) is 0 Å². The van der Waals surface area contributed by atoms with Crippen LogP contribution in [0.1, 0.15) is 37.5 Å². The largest absolute Gasteiger partial charge is 0.340 e. The van der Waals surface area contributed by atoms with Crippen LogP contribution in [-0.4, -0.2) is 46.9 Å². The van der Waals surface area contributed by atoms with Crippen LogP contribution >= 0.6 is 0 Å². The first-order valence-corrected chi connectivity index (χ1v) is 9.30. The van der Waals surface area contributed by atoms with Crippen molar-refractivity contribution in [1.29, 1.82) is 0 Å². The maximum absolute atomic E-state index is 12.5. The van der Waals surface area contributed by atoms with Crippen LogP contribution in [0, 0.1) is 19.3 Å². The Bertz CT molecular complexity index is 884. The molecule has 1 amide bonds. The highest BCUT2D eigenvalue weighted by Gasteiger charge is 2.29. The summed E-state index contributed by atoms with van der Waals surface area (Å²) in [5.41, 5.74) is 3.65. The fourth-order valence-electron chi connectivity index (χ4n) is 3.67. The van der Waals surface area contributed by atoms with Gasteiger partial charge in [-0.05, 0) is 36.9 Å². The Hall–Kier alpha value is -2.14. The minimum atomic E-state index is -0.340. The molecule has 1 fully saturated rings. The van der Waals surface area contributed by atoms with E-state index in [2.05, 4.69) is 28.9 Å². The van der Waals surface area contributed by atoms with Crippen LogP contribution < -0.4 is 5.56 Å². The van der Waals surface area contributed by atoms with E-state index in [1.54, 1.807) is 0 Å². The number of H-pyrrole nitrogens is 1. The fraction of sp³-hybridized carbons (Fsp3) is 0.524. The summed E-state index contributed by atoms with van der Waals surface area (Å²) in [4.78, 5) is 32.1. The van der Waals surface area contributed by atoms with Gasteiger partial charge in [0.1, 0.15) is 0 Å². The number of aromatic nitrogens is 1. The fourth-order valence-corrected chi connectivity index (χ4v) is 3.67. The number of carbonyl (C=O) groups excluding carboxylic acids is 1. The Morgan fingerprint density at radius 2 is 1.73 bits per heavy atom.